The molecule has 1 aromatic heterocycles. The van der Waals surface area contributed by atoms with Gasteiger partial charge in [0.1, 0.15) is 6.04 Å². The van der Waals surface area contributed by atoms with Crippen molar-refractivity contribution in [2.24, 2.45) is 0 Å². The molecule has 2 aromatic rings. The maximum absolute atomic E-state index is 11.1. The lowest BCUT2D eigenvalue weighted by Gasteiger charge is -2.22. The molecule has 0 aliphatic rings. The maximum Gasteiger partial charge on any atom is 0.320 e. The van der Waals surface area contributed by atoms with Crippen molar-refractivity contribution in [3.05, 3.63) is 48.3 Å². The Bertz CT molecular complexity index is 566. The van der Waals surface area contributed by atoms with E-state index in [4.69, 9.17) is 5.11 Å². The summed E-state index contributed by atoms with van der Waals surface area (Å²) >= 11 is 0. The summed E-state index contributed by atoms with van der Waals surface area (Å²) in [4.78, 5) is 13.0. The van der Waals surface area contributed by atoms with Crippen molar-refractivity contribution < 1.29 is 9.90 Å². The molecule has 106 valence electrons. The van der Waals surface area contributed by atoms with Gasteiger partial charge >= 0.3 is 5.97 Å². The number of aromatic nitrogens is 2. The third-order valence-electron chi connectivity index (χ3n) is 3.29. The average Bonchev–Trinajstić information content (AvgIpc) is 2.88. The highest BCUT2D eigenvalue weighted by molar-refractivity contribution is 5.73. The number of aliphatic carboxylic acids is 1. The second kappa shape index (κ2) is 6.34. The highest BCUT2D eigenvalue weighted by Gasteiger charge is 2.20. The number of benzene rings is 1. The first-order chi connectivity index (χ1) is 9.61. The predicted molar refractivity (Wildman–Crippen MR) is 76.7 cm³/mol. The van der Waals surface area contributed by atoms with Gasteiger partial charge in [0, 0.05) is 18.3 Å². The van der Waals surface area contributed by atoms with E-state index in [-0.39, 0.29) is 0 Å². The van der Waals surface area contributed by atoms with Crippen LogP contribution in [0.1, 0.15) is 18.9 Å². The zero-order valence-electron chi connectivity index (χ0n) is 11.7. The summed E-state index contributed by atoms with van der Waals surface area (Å²) < 4.78 is 1.80. The molecular weight excluding hydrogens is 254 g/mol. The van der Waals surface area contributed by atoms with Crippen LogP contribution in [0.3, 0.4) is 0 Å². The molecule has 0 saturated carbocycles. The fourth-order valence-electron chi connectivity index (χ4n) is 2.24. The molecule has 1 N–H and O–H groups in total. The Hall–Kier alpha value is -2.14. The smallest absolute Gasteiger partial charge is 0.320 e. The van der Waals surface area contributed by atoms with Crippen LogP contribution < -0.4 is 0 Å². The van der Waals surface area contributed by atoms with Crippen LogP contribution >= 0.6 is 0 Å². The SMILES string of the molecule is CCC(C(=O)O)N(C)Cc1cnn(-c2ccccc2)c1. The monoisotopic (exact) mass is 273 g/mol. The zero-order chi connectivity index (χ0) is 14.5. The zero-order valence-corrected chi connectivity index (χ0v) is 11.7. The van der Waals surface area contributed by atoms with Crippen LogP contribution in [0.4, 0.5) is 0 Å². The lowest BCUT2D eigenvalue weighted by Crippen LogP contribution is -2.37. The largest absolute Gasteiger partial charge is 0.480 e. The van der Waals surface area contributed by atoms with Gasteiger partial charge in [-0.2, -0.15) is 5.10 Å². The first kappa shape index (κ1) is 14.3. The van der Waals surface area contributed by atoms with Crippen LogP contribution in [-0.4, -0.2) is 38.8 Å². The average molecular weight is 273 g/mol. The standard InChI is InChI=1S/C15H19N3O2/c1-3-14(15(19)20)17(2)10-12-9-16-18(11-12)13-7-5-4-6-8-13/h4-9,11,14H,3,10H2,1-2H3,(H,19,20). The van der Waals surface area contributed by atoms with Crippen LogP contribution in [0.15, 0.2) is 42.7 Å². The van der Waals surface area contributed by atoms with Crippen molar-refractivity contribution in [3.63, 3.8) is 0 Å². The van der Waals surface area contributed by atoms with Crippen LogP contribution in [0.2, 0.25) is 0 Å². The van der Waals surface area contributed by atoms with Gasteiger partial charge in [0.25, 0.3) is 0 Å². The van der Waals surface area contributed by atoms with E-state index < -0.39 is 12.0 Å². The second-order valence-electron chi connectivity index (χ2n) is 4.81. The van der Waals surface area contributed by atoms with E-state index in [1.807, 2.05) is 55.4 Å². The summed E-state index contributed by atoms with van der Waals surface area (Å²) in [6.45, 7) is 2.44. The van der Waals surface area contributed by atoms with E-state index in [1.54, 1.807) is 10.9 Å². The number of nitrogens with zero attached hydrogens (tertiary/aromatic N) is 3. The van der Waals surface area contributed by atoms with Gasteiger partial charge < -0.3 is 5.11 Å². The predicted octanol–water partition coefficient (Wildman–Crippen LogP) is 2.17. The Morgan fingerprint density at radius 1 is 1.40 bits per heavy atom. The Morgan fingerprint density at radius 2 is 2.10 bits per heavy atom. The van der Waals surface area contributed by atoms with Gasteiger partial charge in [0.15, 0.2) is 0 Å². The van der Waals surface area contributed by atoms with Gasteiger partial charge in [0.05, 0.1) is 11.9 Å². The van der Waals surface area contributed by atoms with Crippen LogP contribution in [-0.2, 0) is 11.3 Å². The maximum atomic E-state index is 11.1. The lowest BCUT2D eigenvalue weighted by molar-refractivity contribution is -0.143. The van der Waals surface area contributed by atoms with E-state index >= 15 is 0 Å². The molecule has 0 fully saturated rings. The molecule has 0 aliphatic heterocycles. The molecular formula is C15H19N3O2. The summed E-state index contributed by atoms with van der Waals surface area (Å²) in [5.41, 5.74) is 1.99. The molecule has 5 heteroatoms. The van der Waals surface area contributed by atoms with Gasteiger partial charge in [-0.05, 0) is 25.6 Å². The van der Waals surface area contributed by atoms with E-state index in [2.05, 4.69) is 5.10 Å². The lowest BCUT2D eigenvalue weighted by atomic mass is 10.2. The molecule has 0 aliphatic carbocycles. The quantitative estimate of drug-likeness (QED) is 0.876. The van der Waals surface area contributed by atoms with Gasteiger partial charge in [0.2, 0.25) is 0 Å². The summed E-state index contributed by atoms with van der Waals surface area (Å²) in [5.74, 6) is -0.787. The molecule has 0 amide bonds. The minimum atomic E-state index is -0.787. The summed E-state index contributed by atoms with van der Waals surface area (Å²) in [6.07, 6.45) is 4.29. The number of rotatable bonds is 6. The van der Waals surface area contributed by atoms with Crippen LogP contribution in [0.5, 0.6) is 0 Å². The fraction of sp³-hybridized carbons (Fsp3) is 0.333. The Morgan fingerprint density at radius 3 is 2.70 bits per heavy atom. The molecule has 0 bridgehead atoms. The van der Waals surface area contributed by atoms with Crippen molar-refractivity contribution in [2.75, 3.05) is 7.05 Å². The van der Waals surface area contributed by atoms with Crippen LogP contribution in [0, 0.1) is 0 Å². The number of hydrogen-bond donors (Lipinski definition) is 1. The minimum absolute atomic E-state index is 0.463. The first-order valence-electron chi connectivity index (χ1n) is 6.63. The molecule has 0 spiro atoms. The van der Waals surface area contributed by atoms with Crippen molar-refractivity contribution in [3.8, 4) is 5.69 Å². The Balaban J connectivity index is 2.08. The van der Waals surface area contributed by atoms with Crippen molar-refractivity contribution in [1.82, 2.24) is 14.7 Å². The third kappa shape index (κ3) is 3.24. The highest BCUT2D eigenvalue weighted by Crippen LogP contribution is 2.11. The molecule has 1 atom stereocenters. The van der Waals surface area contributed by atoms with Crippen molar-refractivity contribution in [2.45, 2.75) is 25.9 Å². The van der Waals surface area contributed by atoms with Crippen molar-refractivity contribution in [1.29, 1.82) is 0 Å². The Kier molecular flexibility index (Phi) is 4.53. The molecule has 1 heterocycles. The van der Waals surface area contributed by atoms with Gasteiger partial charge in [-0.3, -0.25) is 9.69 Å². The molecule has 20 heavy (non-hydrogen) atoms. The normalized spacial score (nSPS) is 12.6. The molecule has 0 saturated heterocycles. The summed E-state index contributed by atoms with van der Waals surface area (Å²) in [7, 11) is 1.82. The minimum Gasteiger partial charge on any atom is -0.480 e. The topological polar surface area (TPSA) is 58.4 Å². The molecule has 2 rings (SSSR count). The number of likely N-dealkylation sites (N-methyl/N-ethyl adjacent to an activating group) is 1. The van der Waals surface area contributed by atoms with E-state index in [0.29, 0.717) is 13.0 Å². The number of carboxylic acids is 1. The van der Waals surface area contributed by atoms with Crippen molar-refractivity contribution >= 4 is 5.97 Å². The fourth-order valence-corrected chi connectivity index (χ4v) is 2.24. The first-order valence-corrected chi connectivity index (χ1v) is 6.63. The number of carboxylic acid groups (broad SMARTS) is 1. The molecule has 1 aromatic carbocycles. The third-order valence-corrected chi connectivity index (χ3v) is 3.29. The van der Waals surface area contributed by atoms with Gasteiger partial charge in [-0.15, -0.1) is 0 Å². The van der Waals surface area contributed by atoms with Gasteiger partial charge in [-0.25, -0.2) is 4.68 Å². The number of carbonyl (C=O) groups is 1. The molecule has 0 radical (unpaired) electrons. The van der Waals surface area contributed by atoms with E-state index in [1.165, 1.54) is 0 Å². The summed E-state index contributed by atoms with van der Waals surface area (Å²) in [6, 6.07) is 9.37. The Labute approximate surface area is 118 Å². The number of para-hydroxylation sites is 1. The van der Waals surface area contributed by atoms with Gasteiger partial charge in [-0.1, -0.05) is 25.1 Å². The van der Waals surface area contributed by atoms with E-state index in [9.17, 15) is 4.79 Å². The van der Waals surface area contributed by atoms with E-state index in [0.717, 1.165) is 11.3 Å². The molecule has 5 nitrogen and oxygen atoms in total. The highest BCUT2D eigenvalue weighted by atomic mass is 16.4. The second-order valence-corrected chi connectivity index (χ2v) is 4.81. The van der Waals surface area contributed by atoms with Crippen LogP contribution in [0.25, 0.3) is 5.69 Å². The summed E-state index contributed by atoms with van der Waals surface area (Å²) in [5, 5.41) is 13.5. The number of hydrogen-bond acceptors (Lipinski definition) is 3. The molecule has 1 unspecified atom stereocenters.